The summed E-state index contributed by atoms with van der Waals surface area (Å²) < 4.78 is 65.7. The Labute approximate surface area is 157 Å². The second kappa shape index (κ2) is 7.16. The molecular formula is C17H11ClF3N3O2S. The van der Waals surface area contributed by atoms with Crippen molar-refractivity contribution in [2.24, 2.45) is 0 Å². The molecule has 3 aromatic rings. The highest BCUT2D eigenvalue weighted by Crippen LogP contribution is 2.36. The van der Waals surface area contributed by atoms with E-state index in [4.69, 9.17) is 11.6 Å². The molecule has 3 rings (SSSR count). The summed E-state index contributed by atoms with van der Waals surface area (Å²) in [4.78, 5) is 7.54. The number of sulfonamides is 1. The van der Waals surface area contributed by atoms with E-state index in [1.807, 2.05) is 6.07 Å². The van der Waals surface area contributed by atoms with Gasteiger partial charge in [-0.2, -0.15) is 13.2 Å². The molecule has 2 aromatic carbocycles. The summed E-state index contributed by atoms with van der Waals surface area (Å²) in [6, 6.07) is 11.3. The Bertz CT molecular complexity index is 1060. The first-order valence-corrected chi connectivity index (χ1v) is 9.30. The van der Waals surface area contributed by atoms with E-state index in [0.717, 1.165) is 17.7 Å². The fourth-order valence-electron chi connectivity index (χ4n) is 2.22. The maximum Gasteiger partial charge on any atom is 0.417 e. The maximum atomic E-state index is 12.9. The number of rotatable bonds is 4. The molecule has 0 radical (unpaired) electrons. The van der Waals surface area contributed by atoms with Gasteiger partial charge in [0.2, 0.25) is 0 Å². The van der Waals surface area contributed by atoms with Gasteiger partial charge in [0, 0.05) is 5.56 Å². The highest BCUT2D eigenvalue weighted by molar-refractivity contribution is 7.92. The van der Waals surface area contributed by atoms with Gasteiger partial charge in [0.05, 0.1) is 33.6 Å². The fraction of sp³-hybridized carbons (Fsp3) is 0.0588. The zero-order valence-corrected chi connectivity index (χ0v) is 15.0. The third kappa shape index (κ3) is 4.37. The van der Waals surface area contributed by atoms with Crippen molar-refractivity contribution >= 4 is 27.3 Å². The first-order valence-electron chi connectivity index (χ1n) is 7.44. The number of alkyl halides is 3. The van der Waals surface area contributed by atoms with Gasteiger partial charge in [0.1, 0.15) is 0 Å². The van der Waals surface area contributed by atoms with Crippen LogP contribution in [0.4, 0.5) is 18.9 Å². The van der Waals surface area contributed by atoms with Crippen LogP contribution in [0.25, 0.3) is 11.4 Å². The van der Waals surface area contributed by atoms with E-state index < -0.39 is 31.7 Å². The van der Waals surface area contributed by atoms with Crippen LogP contribution in [0.2, 0.25) is 5.02 Å². The molecule has 0 aliphatic rings. The Morgan fingerprint density at radius 3 is 2.19 bits per heavy atom. The monoisotopic (exact) mass is 413 g/mol. The summed E-state index contributed by atoms with van der Waals surface area (Å²) in [6.45, 7) is 0. The van der Waals surface area contributed by atoms with Gasteiger partial charge in [-0.25, -0.2) is 18.4 Å². The number of hydrogen-bond acceptors (Lipinski definition) is 4. The number of halogens is 4. The van der Waals surface area contributed by atoms with E-state index in [0.29, 0.717) is 11.9 Å². The van der Waals surface area contributed by atoms with Crippen molar-refractivity contribution in [2.45, 2.75) is 11.1 Å². The highest BCUT2D eigenvalue weighted by atomic mass is 35.5. The number of nitrogens with one attached hydrogen (secondary N) is 1. The average molecular weight is 414 g/mol. The molecule has 1 N–H and O–H groups in total. The molecule has 0 spiro atoms. The highest BCUT2D eigenvalue weighted by Gasteiger charge is 2.34. The van der Waals surface area contributed by atoms with Crippen molar-refractivity contribution in [2.75, 3.05) is 4.72 Å². The normalized spacial score (nSPS) is 12.0. The van der Waals surface area contributed by atoms with Crippen molar-refractivity contribution in [1.82, 2.24) is 9.97 Å². The number of anilines is 1. The van der Waals surface area contributed by atoms with Crippen molar-refractivity contribution in [3.8, 4) is 11.4 Å². The third-order valence-corrected chi connectivity index (χ3v) is 5.20. The zero-order chi connectivity index (χ0) is 19.7. The van der Waals surface area contributed by atoms with Crippen LogP contribution in [0, 0.1) is 0 Å². The van der Waals surface area contributed by atoms with Crippen LogP contribution in [0.5, 0.6) is 0 Å². The molecule has 1 aromatic heterocycles. The van der Waals surface area contributed by atoms with Gasteiger partial charge < -0.3 is 0 Å². The number of benzene rings is 2. The van der Waals surface area contributed by atoms with Gasteiger partial charge in [0.25, 0.3) is 10.0 Å². The quantitative estimate of drug-likeness (QED) is 0.677. The Hall–Kier alpha value is -2.65. The molecule has 0 bridgehead atoms. The molecule has 0 amide bonds. The van der Waals surface area contributed by atoms with Crippen LogP contribution in [0.1, 0.15) is 5.56 Å². The number of hydrogen-bond donors (Lipinski definition) is 1. The molecule has 0 unspecified atom stereocenters. The van der Waals surface area contributed by atoms with Gasteiger partial charge in [0.15, 0.2) is 5.82 Å². The lowest BCUT2D eigenvalue weighted by Gasteiger charge is -2.12. The third-order valence-electron chi connectivity index (χ3n) is 3.49. The first-order chi connectivity index (χ1) is 12.7. The maximum absolute atomic E-state index is 12.9. The van der Waals surface area contributed by atoms with Crippen molar-refractivity contribution < 1.29 is 21.6 Å². The molecule has 0 aliphatic carbocycles. The van der Waals surface area contributed by atoms with Crippen LogP contribution in [-0.2, 0) is 16.2 Å². The Morgan fingerprint density at radius 1 is 0.963 bits per heavy atom. The SMILES string of the molecule is O=S(=O)(Nc1cnc(-c2ccccc2)nc1)c1ccc(Cl)c(C(F)(F)F)c1. The van der Waals surface area contributed by atoms with Crippen molar-refractivity contribution in [1.29, 1.82) is 0 Å². The zero-order valence-electron chi connectivity index (χ0n) is 13.4. The first kappa shape index (κ1) is 19.1. The minimum absolute atomic E-state index is 0.0122. The van der Waals surface area contributed by atoms with E-state index in [-0.39, 0.29) is 5.69 Å². The molecule has 1 heterocycles. The molecule has 0 saturated carbocycles. The minimum atomic E-state index is -4.77. The second-order valence-electron chi connectivity index (χ2n) is 5.41. The minimum Gasteiger partial charge on any atom is -0.276 e. The predicted octanol–water partition coefficient (Wildman–Crippen LogP) is 4.62. The van der Waals surface area contributed by atoms with E-state index in [9.17, 15) is 21.6 Å². The summed E-state index contributed by atoms with van der Waals surface area (Å²) in [5.74, 6) is 0.379. The van der Waals surface area contributed by atoms with Gasteiger partial charge in [-0.05, 0) is 18.2 Å². The van der Waals surface area contributed by atoms with Crippen molar-refractivity contribution in [3.05, 3.63) is 71.5 Å². The fourth-order valence-corrected chi connectivity index (χ4v) is 3.50. The average Bonchev–Trinajstić information content (AvgIpc) is 2.62. The lowest BCUT2D eigenvalue weighted by atomic mass is 10.2. The second-order valence-corrected chi connectivity index (χ2v) is 7.50. The van der Waals surface area contributed by atoms with Crippen LogP contribution in [0.15, 0.2) is 65.8 Å². The number of aromatic nitrogens is 2. The molecule has 5 nitrogen and oxygen atoms in total. The molecule has 0 atom stereocenters. The molecule has 0 fully saturated rings. The van der Waals surface area contributed by atoms with Crippen LogP contribution in [0.3, 0.4) is 0 Å². The smallest absolute Gasteiger partial charge is 0.276 e. The molecule has 0 aliphatic heterocycles. The summed E-state index contributed by atoms with van der Waals surface area (Å²) in [6.07, 6.45) is -2.32. The van der Waals surface area contributed by atoms with Gasteiger partial charge in [-0.3, -0.25) is 4.72 Å². The van der Waals surface area contributed by atoms with Crippen LogP contribution >= 0.6 is 11.6 Å². The molecule has 10 heteroatoms. The largest absolute Gasteiger partial charge is 0.417 e. The van der Waals surface area contributed by atoms with Crippen molar-refractivity contribution in [3.63, 3.8) is 0 Å². The topological polar surface area (TPSA) is 72.0 Å². The molecule has 27 heavy (non-hydrogen) atoms. The summed E-state index contributed by atoms with van der Waals surface area (Å²) in [5.41, 5.74) is -0.486. The molecular weight excluding hydrogens is 403 g/mol. The van der Waals surface area contributed by atoms with E-state index in [2.05, 4.69) is 14.7 Å². The van der Waals surface area contributed by atoms with Gasteiger partial charge >= 0.3 is 6.18 Å². The van der Waals surface area contributed by atoms with E-state index in [1.54, 1.807) is 24.3 Å². The standard InChI is InChI=1S/C17H11ClF3N3O2S/c18-15-7-6-13(8-14(15)17(19,20)21)27(25,26)24-12-9-22-16(23-10-12)11-4-2-1-3-5-11/h1-10,24H. The van der Waals surface area contributed by atoms with Crippen LogP contribution < -0.4 is 4.72 Å². The summed E-state index contributed by atoms with van der Waals surface area (Å²) >= 11 is 5.51. The lowest BCUT2D eigenvalue weighted by molar-refractivity contribution is -0.137. The summed E-state index contributed by atoms with van der Waals surface area (Å²) in [7, 11) is -4.28. The van der Waals surface area contributed by atoms with Gasteiger partial charge in [-0.1, -0.05) is 41.9 Å². The van der Waals surface area contributed by atoms with Crippen LogP contribution in [-0.4, -0.2) is 18.4 Å². The van der Waals surface area contributed by atoms with E-state index in [1.165, 1.54) is 12.4 Å². The number of nitrogens with zero attached hydrogens (tertiary/aromatic N) is 2. The summed E-state index contributed by atoms with van der Waals surface area (Å²) in [5, 5.41) is -0.586. The Kier molecular flexibility index (Phi) is 5.07. The molecule has 0 saturated heterocycles. The van der Waals surface area contributed by atoms with E-state index >= 15 is 0 Å². The Morgan fingerprint density at radius 2 is 1.59 bits per heavy atom. The lowest BCUT2D eigenvalue weighted by Crippen LogP contribution is -2.15. The predicted molar refractivity (Wildman–Crippen MR) is 94.7 cm³/mol. The molecule has 140 valence electrons. The Balaban J connectivity index is 1.87. The van der Waals surface area contributed by atoms with Gasteiger partial charge in [-0.15, -0.1) is 0 Å².